The predicted octanol–water partition coefficient (Wildman–Crippen LogP) is 8.43. The van der Waals surface area contributed by atoms with Gasteiger partial charge in [-0.3, -0.25) is 4.57 Å². The Morgan fingerprint density at radius 1 is 0.538 bits per heavy atom. The number of benzene rings is 4. The first-order valence-electron chi connectivity index (χ1n) is 12.9. The third-order valence-corrected chi connectivity index (χ3v) is 8.85. The number of hydrogen-bond donors (Lipinski definition) is 0. The third-order valence-electron chi connectivity index (χ3n) is 7.69. The zero-order chi connectivity index (χ0) is 25.5. The van der Waals surface area contributed by atoms with Crippen LogP contribution in [-0.2, 0) is 0 Å². The molecule has 0 radical (unpaired) electrons. The van der Waals surface area contributed by atoms with Gasteiger partial charge in [-0.05, 0) is 48.5 Å². The van der Waals surface area contributed by atoms with Gasteiger partial charge in [0.25, 0.3) is 0 Å². The summed E-state index contributed by atoms with van der Waals surface area (Å²) >= 11 is 1.73. The molecule has 0 spiro atoms. The molecule has 0 N–H and O–H groups in total. The number of nitrogens with zero attached hydrogens (tertiary/aromatic N) is 5. The summed E-state index contributed by atoms with van der Waals surface area (Å²) in [6.07, 6.45) is 3.54. The standard InChI is InChI=1S/C33H19N5S/c1-2-9-20(10-3-1)37-24-14-6-4-11-21(24)28-25(37)16-17-26-29(28)23-13-8-18-34-32(23)38(26)33-31-30(35-19-36-33)22-12-5-7-15-27(22)39-31/h1-19H. The lowest BCUT2D eigenvalue weighted by Gasteiger charge is -2.08. The first-order chi connectivity index (χ1) is 19.4. The number of pyridine rings is 1. The Bertz CT molecular complexity index is 2400. The van der Waals surface area contributed by atoms with Crippen LogP contribution in [0.15, 0.2) is 116 Å². The van der Waals surface area contributed by atoms with Gasteiger partial charge in [0.05, 0.1) is 26.8 Å². The largest absolute Gasteiger partial charge is 0.309 e. The molecule has 182 valence electrons. The van der Waals surface area contributed by atoms with Crippen LogP contribution in [-0.4, -0.2) is 24.1 Å². The monoisotopic (exact) mass is 517 g/mol. The van der Waals surface area contributed by atoms with Crippen molar-refractivity contribution in [3.8, 4) is 11.5 Å². The summed E-state index contributed by atoms with van der Waals surface area (Å²) in [5, 5.41) is 5.91. The van der Waals surface area contributed by atoms with Crippen LogP contribution in [0.25, 0.3) is 75.6 Å². The van der Waals surface area contributed by atoms with Gasteiger partial charge < -0.3 is 4.57 Å². The van der Waals surface area contributed by atoms with Gasteiger partial charge in [-0.15, -0.1) is 11.3 Å². The Hall–Kier alpha value is -5.07. The minimum atomic E-state index is 0.867. The first-order valence-corrected chi connectivity index (χ1v) is 13.7. The zero-order valence-electron chi connectivity index (χ0n) is 20.6. The molecule has 0 amide bonds. The fraction of sp³-hybridized carbons (Fsp3) is 0. The summed E-state index contributed by atoms with van der Waals surface area (Å²) < 4.78 is 6.85. The summed E-state index contributed by atoms with van der Waals surface area (Å²) in [5.74, 6) is 0.867. The highest BCUT2D eigenvalue weighted by atomic mass is 32.1. The van der Waals surface area contributed by atoms with E-state index < -0.39 is 0 Å². The van der Waals surface area contributed by atoms with E-state index >= 15 is 0 Å². The van der Waals surface area contributed by atoms with Crippen molar-refractivity contribution in [1.29, 1.82) is 0 Å². The van der Waals surface area contributed by atoms with E-state index in [2.05, 4.69) is 106 Å². The SMILES string of the molecule is c1ccc(-n2c3ccccc3c3c4c5cccnc5n(-c5ncnc6c5sc5ccccc56)c4ccc32)cc1. The molecule has 39 heavy (non-hydrogen) atoms. The molecule has 0 atom stereocenters. The van der Waals surface area contributed by atoms with Gasteiger partial charge in [0.2, 0.25) is 0 Å². The minimum Gasteiger partial charge on any atom is -0.309 e. The van der Waals surface area contributed by atoms with Crippen LogP contribution >= 0.6 is 11.3 Å². The first kappa shape index (κ1) is 20.9. The Morgan fingerprint density at radius 2 is 1.26 bits per heavy atom. The number of para-hydroxylation sites is 2. The summed E-state index contributed by atoms with van der Waals surface area (Å²) in [7, 11) is 0. The van der Waals surface area contributed by atoms with E-state index in [1.54, 1.807) is 17.7 Å². The minimum absolute atomic E-state index is 0.867. The van der Waals surface area contributed by atoms with Crippen molar-refractivity contribution in [3.63, 3.8) is 0 Å². The lowest BCUT2D eigenvalue weighted by molar-refractivity contribution is 1.06. The molecule has 0 aliphatic carbocycles. The van der Waals surface area contributed by atoms with E-state index in [0.717, 1.165) is 43.7 Å². The van der Waals surface area contributed by atoms with E-state index in [4.69, 9.17) is 15.0 Å². The van der Waals surface area contributed by atoms with E-state index in [1.807, 2.05) is 12.3 Å². The maximum atomic E-state index is 4.91. The molecule has 9 aromatic rings. The molecule has 4 aromatic carbocycles. The van der Waals surface area contributed by atoms with Crippen molar-refractivity contribution in [2.75, 3.05) is 0 Å². The molecule has 0 saturated heterocycles. The topological polar surface area (TPSA) is 48.5 Å². The molecule has 5 nitrogen and oxygen atoms in total. The fourth-order valence-corrected chi connectivity index (χ4v) is 7.27. The van der Waals surface area contributed by atoms with Crippen molar-refractivity contribution in [2.24, 2.45) is 0 Å². The maximum Gasteiger partial charge on any atom is 0.160 e. The zero-order valence-corrected chi connectivity index (χ0v) is 21.4. The molecule has 0 fully saturated rings. The summed E-state index contributed by atoms with van der Waals surface area (Å²) in [6.45, 7) is 0. The average molecular weight is 518 g/mol. The molecule has 0 unspecified atom stereocenters. The molecule has 0 saturated carbocycles. The van der Waals surface area contributed by atoms with Crippen molar-refractivity contribution >= 4 is 75.4 Å². The van der Waals surface area contributed by atoms with Crippen molar-refractivity contribution < 1.29 is 0 Å². The normalized spacial score (nSPS) is 12.1. The average Bonchev–Trinajstić information content (AvgIpc) is 3.65. The van der Waals surface area contributed by atoms with E-state index in [0.29, 0.717) is 0 Å². The van der Waals surface area contributed by atoms with Crippen molar-refractivity contribution in [3.05, 3.63) is 116 Å². The van der Waals surface area contributed by atoms with Gasteiger partial charge in [0.15, 0.2) is 5.82 Å². The highest BCUT2D eigenvalue weighted by molar-refractivity contribution is 7.26. The Balaban J connectivity index is 1.49. The van der Waals surface area contributed by atoms with Gasteiger partial charge >= 0.3 is 0 Å². The van der Waals surface area contributed by atoms with Crippen LogP contribution < -0.4 is 0 Å². The molecule has 5 aromatic heterocycles. The van der Waals surface area contributed by atoms with Crippen molar-refractivity contribution in [1.82, 2.24) is 24.1 Å². The number of rotatable bonds is 2. The van der Waals surface area contributed by atoms with E-state index in [9.17, 15) is 0 Å². The van der Waals surface area contributed by atoms with Gasteiger partial charge in [0, 0.05) is 43.5 Å². The molecule has 9 rings (SSSR count). The second-order valence-corrected chi connectivity index (χ2v) is 10.8. The van der Waals surface area contributed by atoms with Gasteiger partial charge in [-0.2, -0.15) is 0 Å². The lowest BCUT2D eigenvalue weighted by atomic mass is 10.1. The fourth-order valence-electron chi connectivity index (χ4n) is 6.13. The molecule has 6 heteroatoms. The van der Waals surface area contributed by atoms with Gasteiger partial charge in [0.1, 0.15) is 12.0 Å². The molecule has 0 aliphatic heterocycles. The van der Waals surface area contributed by atoms with Gasteiger partial charge in [-0.1, -0.05) is 54.6 Å². The summed E-state index contributed by atoms with van der Waals surface area (Å²) in [5.41, 5.74) is 6.47. The summed E-state index contributed by atoms with van der Waals surface area (Å²) in [4.78, 5) is 14.5. The van der Waals surface area contributed by atoms with Crippen LogP contribution in [0.4, 0.5) is 0 Å². The second kappa shape index (κ2) is 7.72. The van der Waals surface area contributed by atoms with Crippen LogP contribution in [0.3, 0.4) is 0 Å². The number of thiophene rings is 1. The predicted molar refractivity (Wildman–Crippen MR) is 161 cm³/mol. The Labute approximate surface area is 226 Å². The summed E-state index contributed by atoms with van der Waals surface area (Å²) in [6, 6.07) is 36.3. The Kier molecular flexibility index (Phi) is 4.14. The number of fused-ring (bicyclic) bond motifs is 10. The number of hydrogen-bond acceptors (Lipinski definition) is 4. The number of aromatic nitrogens is 5. The van der Waals surface area contributed by atoms with Crippen LogP contribution in [0, 0.1) is 0 Å². The van der Waals surface area contributed by atoms with Gasteiger partial charge in [-0.25, -0.2) is 15.0 Å². The maximum absolute atomic E-state index is 4.91. The van der Waals surface area contributed by atoms with Crippen LogP contribution in [0.2, 0.25) is 0 Å². The quantitative estimate of drug-likeness (QED) is 0.231. The van der Waals surface area contributed by atoms with E-state index in [1.165, 1.54) is 31.9 Å². The third kappa shape index (κ3) is 2.76. The van der Waals surface area contributed by atoms with E-state index in [-0.39, 0.29) is 0 Å². The van der Waals surface area contributed by atoms with Crippen molar-refractivity contribution in [2.45, 2.75) is 0 Å². The molecule has 5 heterocycles. The molecule has 0 bridgehead atoms. The molecule has 0 aliphatic rings. The smallest absolute Gasteiger partial charge is 0.160 e. The molecular formula is C33H19N5S. The highest BCUT2D eigenvalue weighted by Crippen LogP contribution is 2.43. The highest BCUT2D eigenvalue weighted by Gasteiger charge is 2.23. The van der Waals surface area contributed by atoms with Crippen LogP contribution in [0.1, 0.15) is 0 Å². The second-order valence-electron chi connectivity index (χ2n) is 9.73. The lowest BCUT2D eigenvalue weighted by Crippen LogP contribution is -1.99. The Morgan fingerprint density at radius 3 is 2.15 bits per heavy atom. The van der Waals surface area contributed by atoms with Crippen LogP contribution in [0.5, 0.6) is 0 Å². The molecular weight excluding hydrogens is 498 g/mol.